The van der Waals surface area contributed by atoms with Crippen LogP contribution < -0.4 is 5.32 Å². The van der Waals surface area contributed by atoms with Crippen LogP contribution in [0.5, 0.6) is 0 Å². The van der Waals surface area contributed by atoms with E-state index in [1.807, 2.05) is 51.7 Å². The molecule has 0 bridgehead atoms. The van der Waals surface area contributed by atoms with Crippen molar-refractivity contribution in [2.45, 2.75) is 25.3 Å². The molecular weight excluding hydrogens is 342 g/mol. The number of hydrogen-bond donors (Lipinski definition) is 1. The zero-order valence-electron chi connectivity index (χ0n) is 15.3. The minimum absolute atomic E-state index is 0.101. The van der Waals surface area contributed by atoms with Gasteiger partial charge in [-0.15, -0.1) is 10.2 Å². The maximum atomic E-state index is 12.5. The number of benzene rings is 1. The SMILES string of the molecule is Cn1cnnc1C1CCN(C(=O)Nc2ccn(Cc3ccccc3)n2)CC1. The Kier molecular flexibility index (Phi) is 4.86. The summed E-state index contributed by atoms with van der Waals surface area (Å²) >= 11 is 0. The highest BCUT2D eigenvalue weighted by molar-refractivity contribution is 5.88. The Balaban J connectivity index is 1.30. The number of aromatic nitrogens is 5. The third-order valence-electron chi connectivity index (χ3n) is 4.96. The van der Waals surface area contributed by atoms with E-state index in [0.717, 1.165) is 18.7 Å². The van der Waals surface area contributed by atoms with Crippen molar-refractivity contribution < 1.29 is 4.79 Å². The van der Waals surface area contributed by atoms with Gasteiger partial charge >= 0.3 is 6.03 Å². The van der Waals surface area contributed by atoms with Gasteiger partial charge in [0.25, 0.3) is 0 Å². The van der Waals surface area contributed by atoms with Gasteiger partial charge in [-0.05, 0) is 18.4 Å². The molecule has 1 N–H and O–H groups in total. The van der Waals surface area contributed by atoms with Gasteiger partial charge in [0.1, 0.15) is 12.2 Å². The van der Waals surface area contributed by atoms with E-state index >= 15 is 0 Å². The zero-order chi connectivity index (χ0) is 18.6. The number of carbonyl (C=O) groups is 1. The van der Waals surface area contributed by atoms with Crippen LogP contribution in [0.25, 0.3) is 0 Å². The molecule has 1 saturated heterocycles. The summed E-state index contributed by atoms with van der Waals surface area (Å²) < 4.78 is 3.78. The molecule has 1 aliphatic rings. The lowest BCUT2D eigenvalue weighted by Gasteiger charge is -2.31. The van der Waals surface area contributed by atoms with Crippen LogP contribution >= 0.6 is 0 Å². The predicted molar refractivity (Wildman–Crippen MR) is 101 cm³/mol. The van der Waals surface area contributed by atoms with Crippen LogP contribution in [0.3, 0.4) is 0 Å². The number of nitrogens with one attached hydrogen (secondary N) is 1. The number of piperidine rings is 1. The van der Waals surface area contributed by atoms with Gasteiger partial charge in [-0.1, -0.05) is 30.3 Å². The summed E-state index contributed by atoms with van der Waals surface area (Å²) in [6.07, 6.45) is 5.38. The normalized spacial score (nSPS) is 15.1. The fraction of sp³-hybridized carbons (Fsp3) is 0.368. The Labute approximate surface area is 157 Å². The quantitative estimate of drug-likeness (QED) is 0.770. The molecule has 0 saturated carbocycles. The van der Waals surface area contributed by atoms with Gasteiger partial charge in [-0.2, -0.15) is 5.10 Å². The smallest absolute Gasteiger partial charge is 0.323 e. The summed E-state index contributed by atoms with van der Waals surface area (Å²) in [4.78, 5) is 14.4. The number of carbonyl (C=O) groups excluding carboxylic acids is 1. The standard InChI is InChI=1S/C19H23N7O/c1-24-14-20-22-18(24)16-7-10-25(11-8-16)19(27)21-17-9-12-26(23-17)13-15-5-3-2-4-6-15/h2-6,9,12,14,16H,7-8,10-11,13H2,1H3,(H,21,23,27). The first kappa shape index (κ1) is 17.3. The molecule has 3 heterocycles. The number of urea groups is 1. The Morgan fingerprint density at radius 1 is 1.19 bits per heavy atom. The highest BCUT2D eigenvalue weighted by atomic mass is 16.2. The molecule has 0 unspecified atom stereocenters. The largest absolute Gasteiger partial charge is 0.324 e. The molecule has 2 aromatic heterocycles. The average molecular weight is 365 g/mol. The van der Waals surface area contributed by atoms with Crippen LogP contribution in [0.1, 0.15) is 30.1 Å². The molecule has 0 aliphatic carbocycles. The van der Waals surface area contributed by atoms with Crippen LogP contribution in [0.2, 0.25) is 0 Å². The summed E-state index contributed by atoms with van der Waals surface area (Å²) in [7, 11) is 1.96. The number of nitrogens with zero attached hydrogens (tertiary/aromatic N) is 6. The lowest BCUT2D eigenvalue weighted by Crippen LogP contribution is -2.41. The molecule has 1 aromatic carbocycles. The lowest BCUT2D eigenvalue weighted by molar-refractivity contribution is 0.193. The molecule has 3 aromatic rings. The number of aryl methyl sites for hydroxylation is 1. The second-order valence-electron chi connectivity index (χ2n) is 6.88. The van der Waals surface area contributed by atoms with Crippen molar-refractivity contribution in [1.82, 2.24) is 29.4 Å². The van der Waals surface area contributed by atoms with Crippen molar-refractivity contribution in [1.29, 1.82) is 0 Å². The van der Waals surface area contributed by atoms with Gasteiger partial charge in [-0.25, -0.2) is 4.79 Å². The molecule has 140 valence electrons. The monoisotopic (exact) mass is 365 g/mol. The van der Waals surface area contributed by atoms with Crippen molar-refractivity contribution in [2.24, 2.45) is 7.05 Å². The molecule has 8 heteroatoms. The van der Waals surface area contributed by atoms with Gasteiger partial charge in [0.2, 0.25) is 0 Å². The molecule has 0 radical (unpaired) electrons. The fourth-order valence-corrected chi connectivity index (χ4v) is 3.48. The summed E-state index contributed by atoms with van der Waals surface area (Å²) in [6.45, 7) is 2.09. The number of hydrogen-bond acceptors (Lipinski definition) is 4. The number of amides is 2. The van der Waals surface area contributed by atoms with Crippen LogP contribution in [0.4, 0.5) is 10.6 Å². The van der Waals surface area contributed by atoms with Gasteiger partial charge in [0.15, 0.2) is 5.82 Å². The van der Waals surface area contributed by atoms with E-state index in [1.165, 1.54) is 5.56 Å². The zero-order valence-corrected chi connectivity index (χ0v) is 15.3. The van der Waals surface area contributed by atoms with Crippen molar-refractivity contribution in [2.75, 3.05) is 18.4 Å². The number of rotatable bonds is 4. The van der Waals surface area contributed by atoms with E-state index in [2.05, 4.69) is 32.7 Å². The maximum absolute atomic E-state index is 12.5. The molecule has 0 atom stereocenters. The van der Waals surface area contributed by atoms with Crippen LogP contribution in [-0.4, -0.2) is 48.6 Å². The molecule has 4 rings (SSSR count). The minimum atomic E-state index is -0.101. The van der Waals surface area contributed by atoms with Crippen molar-refractivity contribution >= 4 is 11.8 Å². The van der Waals surface area contributed by atoms with Gasteiger partial charge in [-0.3, -0.25) is 10.00 Å². The number of likely N-dealkylation sites (tertiary alicyclic amines) is 1. The van der Waals surface area contributed by atoms with Crippen molar-refractivity contribution in [3.05, 3.63) is 60.3 Å². The highest BCUT2D eigenvalue weighted by Gasteiger charge is 2.26. The van der Waals surface area contributed by atoms with E-state index < -0.39 is 0 Å². The maximum Gasteiger partial charge on any atom is 0.323 e. The third kappa shape index (κ3) is 3.99. The Bertz CT molecular complexity index is 894. The van der Waals surface area contributed by atoms with E-state index in [9.17, 15) is 4.79 Å². The first-order valence-corrected chi connectivity index (χ1v) is 9.16. The number of anilines is 1. The van der Waals surface area contributed by atoms with E-state index in [-0.39, 0.29) is 6.03 Å². The fourth-order valence-electron chi connectivity index (χ4n) is 3.48. The molecule has 8 nitrogen and oxygen atoms in total. The average Bonchev–Trinajstić information content (AvgIpc) is 3.31. The molecular formula is C19H23N7O. The third-order valence-corrected chi connectivity index (χ3v) is 4.96. The van der Waals surface area contributed by atoms with E-state index in [0.29, 0.717) is 31.4 Å². The van der Waals surface area contributed by atoms with Crippen LogP contribution in [-0.2, 0) is 13.6 Å². The second-order valence-corrected chi connectivity index (χ2v) is 6.88. The molecule has 0 spiro atoms. The van der Waals surface area contributed by atoms with Gasteiger partial charge in [0, 0.05) is 38.3 Å². The van der Waals surface area contributed by atoms with E-state index in [1.54, 1.807) is 6.33 Å². The Morgan fingerprint density at radius 3 is 2.67 bits per heavy atom. The van der Waals surface area contributed by atoms with Gasteiger partial charge < -0.3 is 9.47 Å². The molecule has 1 aliphatic heterocycles. The predicted octanol–water partition coefficient (Wildman–Crippen LogP) is 2.47. The Morgan fingerprint density at radius 2 is 1.96 bits per heavy atom. The van der Waals surface area contributed by atoms with E-state index in [4.69, 9.17) is 0 Å². The highest BCUT2D eigenvalue weighted by Crippen LogP contribution is 2.26. The van der Waals surface area contributed by atoms with Crippen LogP contribution in [0, 0.1) is 0 Å². The summed E-state index contributed by atoms with van der Waals surface area (Å²) in [6, 6.07) is 11.8. The van der Waals surface area contributed by atoms with Crippen LogP contribution in [0.15, 0.2) is 48.9 Å². The topological polar surface area (TPSA) is 80.9 Å². The minimum Gasteiger partial charge on any atom is -0.324 e. The van der Waals surface area contributed by atoms with Crippen molar-refractivity contribution in [3.8, 4) is 0 Å². The first-order chi connectivity index (χ1) is 13.2. The second kappa shape index (κ2) is 7.61. The summed E-state index contributed by atoms with van der Waals surface area (Å²) in [5.41, 5.74) is 1.17. The summed E-state index contributed by atoms with van der Waals surface area (Å²) in [5, 5.41) is 15.5. The lowest BCUT2D eigenvalue weighted by atomic mass is 9.96. The molecule has 27 heavy (non-hydrogen) atoms. The first-order valence-electron chi connectivity index (χ1n) is 9.16. The Hall–Kier alpha value is -3.16. The van der Waals surface area contributed by atoms with Gasteiger partial charge in [0.05, 0.1) is 6.54 Å². The summed E-state index contributed by atoms with van der Waals surface area (Å²) in [5.74, 6) is 1.92. The van der Waals surface area contributed by atoms with Crippen molar-refractivity contribution in [3.63, 3.8) is 0 Å². The molecule has 1 fully saturated rings. The molecule has 2 amide bonds.